The number of hydrogen-bond donors (Lipinski definition) is 1. The van der Waals surface area contributed by atoms with Gasteiger partial charge < -0.3 is 0 Å². The number of nitrogens with zero attached hydrogens (tertiary/aromatic N) is 3. The number of carbonyl (C=O) groups is 1. The van der Waals surface area contributed by atoms with Crippen molar-refractivity contribution >= 4 is 62.1 Å². The highest BCUT2D eigenvalue weighted by Crippen LogP contribution is 2.22. The normalized spacial score (nSPS) is 11.3. The Morgan fingerprint density at radius 3 is 2.71 bits per heavy atom. The zero-order chi connectivity index (χ0) is 21.8. The fraction of sp³-hybridized carbons (Fsp3) is 0.0909. The number of rotatable bonds is 6. The quantitative estimate of drug-likeness (QED) is 0.175. The van der Waals surface area contributed by atoms with Gasteiger partial charge in [0.25, 0.3) is 11.5 Å². The number of hydrazone groups is 1. The standard InChI is InChI=1S/C22H17BrN4O2S2/c1-14-6-8-15(9-7-14)27-21(29)17-4-2-3-5-18(17)25-22(27)30-13-20(28)26-24-12-16-10-11-19(23)31-16/h2-12H,13H2,1H3,(H,26,28)/b24-12-. The molecule has 156 valence electrons. The van der Waals surface area contributed by atoms with E-state index in [2.05, 4.69) is 31.4 Å². The summed E-state index contributed by atoms with van der Waals surface area (Å²) >= 11 is 6.10. The van der Waals surface area contributed by atoms with E-state index in [-0.39, 0.29) is 17.2 Å². The lowest BCUT2D eigenvalue weighted by molar-refractivity contribution is -0.118. The minimum atomic E-state index is -0.283. The fourth-order valence-corrected chi connectivity index (χ4v) is 4.96. The molecule has 0 aliphatic heterocycles. The Labute approximate surface area is 195 Å². The van der Waals surface area contributed by atoms with Crippen molar-refractivity contribution in [3.05, 3.63) is 85.2 Å². The maximum Gasteiger partial charge on any atom is 0.266 e. The van der Waals surface area contributed by atoms with Crippen LogP contribution in [0.3, 0.4) is 0 Å². The summed E-state index contributed by atoms with van der Waals surface area (Å²) in [4.78, 5) is 31.0. The molecule has 1 amide bonds. The molecule has 0 atom stereocenters. The highest BCUT2D eigenvalue weighted by molar-refractivity contribution is 9.11. The maximum atomic E-state index is 13.2. The summed E-state index contributed by atoms with van der Waals surface area (Å²) < 4.78 is 2.54. The first-order valence-electron chi connectivity index (χ1n) is 9.30. The van der Waals surface area contributed by atoms with Crippen LogP contribution in [0, 0.1) is 6.92 Å². The van der Waals surface area contributed by atoms with Crippen LogP contribution in [0.4, 0.5) is 0 Å². The number of nitrogens with one attached hydrogen (secondary N) is 1. The maximum absolute atomic E-state index is 13.2. The van der Waals surface area contributed by atoms with Crippen LogP contribution in [0.25, 0.3) is 16.6 Å². The van der Waals surface area contributed by atoms with E-state index in [0.717, 1.165) is 14.2 Å². The topological polar surface area (TPSA) is 76.3 Å². The fourth-order valence-electron chi connectivity index (χ4n) is 2.86. The average molecular weight is 513 g/mol. The van der Waals surface area contributed by atoms with Crippen LogP contribution in [0.15, 0.2) is 79.5 Å². The van der Waals surface area contributed by atoms with E-state index in [1.165, 1.54) is 23.1 Å². The third-order valence-corrected chi connectivity index (χ3v) is 6.84. The molecule has 4 rings (SSSR count). The van der Waals surface area contributed by atoms with Crippen molar-refractivity contribution in [2.45, 2.75) is 12.1 Å². The molecular weight excluding hydrogens is 496 g/mol. The van der Waals surface area contributed by atoms with E-state index in [1.807, 2.05) is 55.5 Å². The number of aromatic nitrogens is 2. The lowest BCUT2D eigenvalue weighted by Gasteiger charge is -2.13. The second kappa shape index (κ2) is 9.59. The van der Waals surface area contributed by atoms with Crippen molar-refractivity contribution in [1.29, 1.82) is 0 Å². The van der Waals surface area contributed by atoms with E-state index < -0.39 is 0 Å². The van der Waals surface area contributed by atoms with Crippen molar-refractivity contribution in [2.24, 2.45) is 5.10 Å². The first kappa shape index (κ1) is 21.5. The van der Waals surface area contributed by atoms with Crippen LogP contribution >= 0.6 is 39.0 Å². The number of amides is 1. The van der Waals surface area contributed by atoms with Gasteiger partial charge in [-0.05, 0) is 59.3 Å². The van der Waals surface area contributed by atoms with Crippen molar-refractivity contribution in [1.82, 2.24) is 15.0 Å². The second-order valence-corrected chi connectivity index (χ2v) is 10.0. The number of thioether (sulfide) groups is 1. The number of carbonyl (C=O) groups excluding carboxylic acids is 1. The number of hydrogen-bond acceptors (Lipinski definition) is 6. The largest absolute Gasteiger partial charge is 0.272 e. The SMILES string of the molecule is Cc1ccc(-n2c(SCC(=O)N/N=C\c3ccc(Br)s3)nc3ccccc3c2=O)cc1. The van der Waals surface area contributed by atoms with Crippen molar-refractivity contribution < 1.29 is 4.79 Å². The van der Waals surface area contributed by atoms with E-state index in [9.17, 15) is 9.59 Å². The van der Waals surface area contributed by atoms with Gasteiger partial charge in [0, 0.05) is 4.88 Å². The van der Waals surface area contributed by atoms with Crippen LogP contribution in [0.5, 0.6) is 0 Å². The molecule has 0 fully saturated rings. The molecule has 2 aromatic heterocycles. The molecule has 0 aliphatic rings. The molecule has 0 saturated heterocycles. The van der Waals surface area contributed by atoms with Gasteiger partial charge in [-0.2, -0.15) is 5.10 Å². The Morgan fingerprint density at radius 2 is 1.97 bits per heavy atom. The molecule has 4 aromatic rings. The minimum Gasteiger partial charge on any atom is -0.272 e. The number of halogens is 1. The summed E-state index contributed by atoms with van der Waals surface area (Å²) in [6.07, 6.45) is 1.59. The van der Waals surface area contributed by atoms with Crippen LogP contribution < -0.4 is 11.0 Å². The predicted octanol–water partition coefficient (Wildman–Crippen LogP) is 4.76. The van der Waals surface area contributed by atoms with Gasteiger partial charge in [-0.3, -0.25) is 14.2 Å². The van der Waals surface area contributed by atoms with E-state index in [4.69, 9.17) is 0 Å². The van der Waals surface area contributed by atoms with Gasteiger partial charge >= 0.3 is 0 Å². The van der Waals surface area contributed by atoms with E-state index >= 15 is 0 Å². The summed E-state index contributed by atoms with van der Waals surface area (Å²) in [5, 5.41) is 4.97. The molecule has 0 radical (unpaired) electrons. The number of fused-ring (bicyclic) bond motifs is 1. The van der Waals surface area contributed by atoms with E-state index in [1.54, 1.807) is 22.9 Å². The predicted molar refractivity (Wildman–Crippen MR) is 131 cm³/mol. The lowest BCUT2D eigenvalue weighted by Crippen LogP contribution is -2.24. The molecule has 0 aliphatic carbocycles. The first-order valence-corrected chi connectivity index (χ1v) is 11.9. The molecule has 31 heavy (non-hydrogen) atoms. The molecule has 9 heteroatoms. The van der Waals surface area contributed by atoms with Crippen LogP contribution in [0.1, 0.15) is 10.4 Å². The Kier molecular flexibility index (Phi) is 6.64. The first-order chi connectivity index (χ1) is 15.0. The average Bonchev–Trinajstić information content (AvgIpc) is 3.18. The van der Waals surface area contributed by atoms with Gasteiger partial charge in [0.2, 0.25) is 0 Å². The van der Waals surface area contributed by atoms with Crippen LogP contribution in [0.2, 0.25) is 0 Å². The molecule has 2 heterocycles. The lowest BCUT2D eigenvalue weighted by atomic mass is 10.2. The molecule has 0 unspecified atom stereocenters. The molecular formula is C22H17BrN4O2S2. The summed E-state index contributed by atoms with van der Waals surface area (Å²) in [5.41, 5.74) is 4.74. The zero-order valence-corrected chi connectivity index (χ0v) is 19.6. The third kappa shape index (κ3) is 5.12. The smallest absolute Gasteiger partial charge is 0.266 e. The monoisotopic (exact) mass is 512 g/mol. The summed E-state index contributed by atoms with van der Waals surface area (Å²) in [7, 11) is 0. The zero-order valence-electron chi connectivity index (χ0n) is 16.4. The summed E-state index contributed by atoms with van der Waals surface area (Å²) in [5.74, 6) is -0.211. The number of thiophene rings is 1. The Hall–Kier alpha value is -2.75. The molecule has 0 spiro atoms. The van der Waals surface area contributed by atoms with Crippen LogP contribution in [-0.2, 0) is 4.79 Å². The Morgan fingerprint density at radius 1 is 1.19 bits per heavy atom. The number of benzene rings is 2. The van der Waals surface area contributed by atoms with Crippen LogP contribution in [-0.4, -0.2) is 27.4 Å². The minimum absolute atomic E-state index is 0.0715. The van der Waals surface area contributed by atoms with Gasteiger partial charge in [0.15, 0.2) is 5.16 Å². The third-order valence-electron chi connectivity index (χ3n) is 4.34. The summed E-state index contributed by atoms with van der Waals surface area (Å²) in [6, 6.07) is 18.7. The summed E-state index contributed by atoms with van der Waals surface area (Å²) in [6.45, 7) is 1.99. The van der Waals surface area contributed by atoms with Crippen molar-refractivity contribution in [3.63, 3.8) is 0 Å². The number of para-hydroxylation sites is 1. The highest BCUT2D eigenvalue weighted by Gasteiger charge is 2.14. The Balaban J connectivity index is 1.58. The van der Waals surface area contributed by atoms with Crippen molar-refractivity contribution in [2.75, 3.05) is 5.75 Å². The molecule has 2 aromatic carbocycles. The second-order valence-electron chi connectivity index (χ2n) is 6.61. The van der Waals surface area contributed by atoms with Gasteiger partial charge in [-0.1, -0.05) is 41.6 Å². The van der Waals surface area contributed by atoms with Gasteiger partial charge in [-0.25, -0.2) is 10.4 Å². The highest BCUT2D eigenvalue weighted by atomic mass is 79.9. The van der Waals surface area contributed by atoms with Gasteiger partial charge in [0.05, 0.1) is 32.3 Å². The molecule has 6 nitrogen and oxygen atoms in total. The van der Waals surface area contributed by atoms with Gasteiger partial charge in [0.1, 0.15) is 0 Å². The van der Waals surface area contributed by atoms with E-state index in [0.29, 0.717) is 21.7 Å². The van der Waals surface area contributed by atoms with Crippen molar-refractivity contribution in [3.8, 4) is 5.69 Å². The van der Waals surface area contributed by atoms with Gasteiger partial charge in [-0.15, -0.1) is 11.3 Å². The molecule has 0 saturated carbocycles. The number of aryl methyl sites for hydroxylation is 1. The molecule has 0 bridgehead atoms. The molecule has 1 N–H and O–H groups in total. The Bertz CT molecular complexity index is 1330.